The van der Waals surface area contributed by atoms with E-state index in [0.29, 0.717) is 58.8 Å². The van der Waals surface area contributed by atoms with E-state index in [-0.39, 0.29) is 11.9 Å². The largest absolute Gasteiger partial charge is 0.466 e. The maximum atomic E-state index is 12.4. The van der Waals surface area contributed by atoms with Crippen LogP contribution < -0.4 is 0 Å². The lowest BCUT2D eigenvalue weighted by Crippen LogP contribution is -2.50. The Morgan fingerprint density at radius 3 is 2.04 bits per heavy atom. The number of likely N-dealkylation sites (tertiary alicyclic amines) is 1. The Balaban J connectivity index is 2.55. The zero-order valence-corrected chi connectivity index (χ0v) is 14.8. The van der Waals surface area contributed by atoms with E-state index in [4.69, 9.17) is 14.2 Å². The van der Waals surface area contributed by atoms with Gasteiger partial charge in [0.15, 0.2) is 0 Å². The van der Waals surface area contributed by atoms with Crippen LogP contribution in [0.25, 0.3) is 0 Å². The zero-order chi connectivity index (χ0) is 17.9. The minimum Gasteiger partial charge on any atom is -0.466 e. The Hall–Kier alpha value is -1.67. The van der Waals surface area contributed by atoms with Crippen molar-refractivity contribution >= 4 is 17.8 Å². The second-order valence-electron chi connectivity index (χ2n) is 5.60. The van der Waals surface area contributed by atoms with Gasteiger partial charge in [0.25, 0.3) is 0 Å². The van der Waals surface area contributed by atoms with E-state index in [2.05, 4.69) is 0 Å². The van der Waals surface area contributed by atoms with Crippen molar-refractivity contribution in [3.8, 4) is 0 Å². The SMILES string of the molecule is CCOC(=O)C1CCN(C(=O)C(=O)N(CCOC)CCOC)CC1. The van der Waals surface area contributed by atoms with Crippen molar-refractivity contribution in [3.63, 3.8) is 0 Å². The molecule has 138 valence electrons. The van der Waals surface area contributed by atoms with Gasteiger partial charge in [0.1, 0.15) is 0 Å². The number of carbonyl (C=O) groups excluding carboxylic acids is 3. The quantitative estimate of drug-likeness (QED) is 0.452. The molecule has 1 aliphatic rings. The van der Waals surface area contributed by atoms with E-state index < -0.39 is 11.8 Å². The molecular formula is C16H28N2O6. The third-order valence-corrected chi connectivity index (χ3v) is 4.00. The second-order valence-corrected chi connectivity index (χ2v) is 5.60. The molecule has 0 aromatic rings. The molecule has 0 unspecified atom stereocenters. The molecule has 0 saturated carbocycles. The van der Waals surface area contributed by atoms with Gasteiger partial charge in [-0.2, -0.15) is 0 Å². The van der Waals surface area contributed by atoms with E-state index >= 15 is 0 Å². The molecule has 0 N–H and O–H groups in total. The van der Waals surface area contributed by atoms with Gasteiger partial charge in [-0.1, -0.05) is 0 Å². The summed E-state index contributed by atoms with van der Waals surface area (Å²) < 4.78 is 15.0. The molecule has 8 nitrogen and oxygen atoms in total. The first-order valence-corrected chi connectivity index (χ1v) is 8.27. The molecule has 1 aliphatic heterocycles. The Kier molecular flexibility index (Phi) is 9.33. The topological polar surface area (TPSA) is 85.4 Å². The molecule has 1 fully saturated rings. The van der Waals surface area contributed by atoms with Crippen molar-refractivity contribution < 1.29 is 28.6 Å². The number of nitrogens with zero attached hydrogens (tertiary/aromatic N) is 2. The highest BCUT2D eigenvalue weighted by molar-refractivity contribution is 6.34. The van der Waals surface area contributed by atoms with E-state index in [9.17, 15) is 14.4 Å². The van der Waals surface area contributed by atoms with Crippen LogP contribution >= 0.6 is 0 Å². The average molecular weight is 344 g/mol. The van der Waals surface area contributed by atoms with Crippen LogP contribution in [0.2, 0.25) is 0 Å². The van der Waals surface area contributed by atoms with Crippen LogP contribution in [-0.4, -0.2) is 87.8 Å². The summed E-state index contributed by atoms with van der Waals surface area (Å²) in [5.41, 5.74) is 0. The molecule has 1 saturated heterocycles. The predicted octanol–water partition coefficient (Wildman–Crippen LogP) is -0.0905. The summed E-state index contributed by atoms with van der Waals surface area (Å²) in [5.74, 6) is -1.51. The van der Waals surface area contributed by atoms with Crippen LogP contribution in [-0.2, 0) is 28.6 Å². The Bertz CT molecular complexity index is 413. The molecule has 0 bridgehead atoms. The molecule has 0 aromatic heterocycles. The monoisotopic (exact) mass is 344 g/mol. The average Bonchev–Trinajstić information content (AvgIpc) is 2.61. The zero-order valence-electron chi connectivity index (χ0n) is 14.8. The molecule has 0 radical (unpaired) electrons. The number of piperidine rings is 1. The van der Waals surface area contributed by atoms with E-state index in [1.54, 1.807) is 21.1 Å². The van der Waals surface area contributed by atoms with Gasteiger partial charge in [0, 0.05) is 40.4 Å². The van der Waals surface area contributed by atoms with Gasteiger partial charge in [-0.05, 0) is 19.8 Å². The summed E-state index contributed by atoms with van der Waals surface area (Å²) in [6.45, 7) is 4.27. The minimum atomic E-state index is -0.557. The summed E-state index contributed by atoms with van der Waals surface area (Å²) in [4.78, 5) is 39.5. The number of esters is 1. The van der Waals surface area contributed by atoms with E-state index in [1.165, 1.54) is 9.80 Å². The number of hydrogen-bond donors (Lipinski definition) is 0. The maximum absolute atomic E-state index is 12.4. The molecule has 0 spiro atoms. The fraction of sp³-hybridized carbons (Fsp3) is 0.812. The number of methoxy groups -OCH3 is 2. The van der Waals surface area contributed by atoms with Crippen LogP contribution in [0.1, 0.15) is 19.8 Å². The third kappa shape index (κ3) is 6.09. The van der Waals surface area contributed by atoms with Crippen molar-refractivity contribution in [3.05, 3.63) is 0 Å². The van der Waals surface area contributed by atoms with Crippen molar-refractivity contribution in [1.29, 1.82) is 0 Å². The second kappa shape index (κ2) is 11.0. The lowest BCUT2D eigenvalue weighted by molar-refractivity contribution is -0.156. The summed E-state index contributed by atoms with van der Waals surface area (Å²) in [6.07, 6.45) is 1.04. The van der Waals surface area contributed by atoms with Gasteiger partial charge in [-0.3, -0.25) is 14.4 Å². The Morgan fingerprint density at radius 2 is 1.58 bits per heavy atom. The number of hydrogen-bond acceptors (Lipinski definition) is 6. The van der Waals surface area contributed by atoms with Crippen molar-refractivity contribution in [2.45, 2.75) is 19.8 Å². The third-order valence-electron chi connectivity index (χ3n) is 4.00. The van der Waals surface area contributed by atoms with E-state index in [1.807, 2.05) is 0 Å². The molecule has 8 heteroatoms. The summed E-state index contributed by atoms with van der Waals surface area (Å²) in [6, 6.07) is 0. The first-order valence-electron chi connectivity index (χ1n) is 8.27. The number of rotatable bonds is 8. The van der Waals surface area contributed by atoms with Gasteiger partial charge in [-0.25, -0.2) is 0 Å². The predicted molar refractivity (Wildman–Crippen MR) is 86.3 cm³/mol. The highest BCUT2D eigenvalue weighted by Crippen LogP contribution is 2.19. The van der Waals surface area contributed by atoms with Crippen LogP contribution in [0.15, 0.2) is 0 Å². The lowest BCUT2D eigenvalue weighted by Gasteiger charge is -2.32. The molecular weight excluding hydrogens is 316 g/mol. The van der Waals surface area contributed by atoms with Crippen LogP contribution in [0, 0.1) is 5.92 Å². The van der Waals surface area contributed by atoms with Crippen LogP contribution in [0.3, 0.4) is 0 Å². The van der Waals surface area contributed by atoms with Gasteiger partial charge >= 0.3 is 17.8 Å². The van der Waals surface area contributed by atoms with Gasteiger partial charge < -0.3 is 24.0 Å². The smallest absolute Gasteiger partial charge is 0.312 e. The fourth-order valence-corrected chi connectivity index (χ4v) is 2.57. The molecule has 0 aromatic carbocycles. The first-order chi connectivity index (χ1) is 11.5. The lowest BCUT2D eigenvalue weighted by atomic mass is 9.97. The number of amides is 2. The minimum absolute atomic E-state index is 0.192. The normalized spacial score (nSPS) is 15.2. The van der Waals surface area contributed by atoms with Crippen molar-refractivity contribution in [2.75, 3.05) is 60.2 Å². The molecule has 1 rings (SSSR count). The van der Waals surface area contributed by atoms with Crippen molar-refractivity contribution in [1.82, 2.24) is 9.80 Å². The maximum Gasteiger partial charge on any atom is 0.312 e. The molecule has 1 heterocycles. The summed E-state index contributed by atoms with van der Waals surface area (Å²) in [5, 5.41) is 0. The van der Waals surface area contributed by atoms with Gasteiger partial charge in [0.05, 0.1) is 25.7 Å². The highest BCUT2D eigenvalue weighted by atomic mass is 16.5. The number of ether oxygens (including phenoxy) is 3. The summed E-state index contributed by atoms with van der Waals surface area (Å²) in [7, 11) is 3.09. The molecule has 24 heavy (non-hydrogen) atoms. The first kappa shape index (κ1) is 20.4. The van der Waals surface area contributed by atoms with Crippen LogP contribution in [0.5, 0.6) is 0 Å². The van der Waals surface area contributed by atoms with Gasteiger partial charge in [0.2, 0.25) is 0 Å². The number of carbonyl (C=O) groups is 3. The Labute approximate surface area is 143 Å². The van der Waals surface area contributed by atoms with Crippen molar-refractivity contribution in [2.24, 2.45) is 5.92 Å². The molecule has 0 aliphatic carbocycles. The van der Waals surface area contributed by atoms with E-state index in [0.717, 1.165) is 0 Å². The standard InChI is InChI=1S/C16H28N2O6/c1-4-24-16(21)13-5-7-17(8-6-13)14(19)15(20)18(9-11-22-2)10-12-23-3/h13H,4-12H2,1-3H3. The van der Waals surface area contributed by atoms with Gasteiger partial charge in [-0.15, -0.1) is 0 Å². The fourth-order valence-electron chi connectivity index (χ4n) is 2.57. The van der Waals surface area contributed by atoms with Crippen LogP contribution in [0.4, 0.5) is 0 Å². The summed E-state index contributed by atoms with van der Waals surface area (Å²) >= 11 is 0. The molecule has 2 amide bonds. The Morgan fingerprint density at radius 1 is 1.04 bits per heavy atom. The highest BCUT2D eigenvalue weighted by Gasteiger charge is 2.32. The molecule has 0 atom stereocenters.